The van der Waals surface area contributed by atoms with Crippen LogP contribution in [0.25, 0.3) is 0 Å². The van der Waals surface area contributed by atoms with E-state index in [9.17, 15) is 18.8 Å². The number of thiophene rings is 1. The van der Waals surface area contributed by atoms with Gasteiger partial charge in [-0.25, -0.2) is 9.18 Å². The second kappa shape index (κ2) is 15.4. The highest BCUT2D eigenvalue weighted by molar-refractivity contribution is 8.00. The highest BCUT2D eigenvalue weighted by atomic mass is 32.2. The second-order valence-corrected chi connectivity index (χ2v) is 13.5. The van der Waals surface area contributed by atoms with E-state index in [4.69, 9.17) is 4.74 Å². The minimum Gasteiger partial charge on any atom is -0.462 e. The number of fused-ring (bicyclic) bond motifs is 1. The molecule has 0 bridgehead atoms. The molecule has 2 N–H and O–H groups in total. The number of anilines is 2. The molecule has 1 aliphatic rings. The lowest BCUT2D eigenvalue weighted by Crippen LogP contribution is -2.30. The molecule has 1 atom stereocenters. The average molecular weight is 680 g/mol. The Labute approximate surface area is 287 Å². The van der Waals surface area contributed by atoms with Crippen molar-refractivity contribution in [1.82, 2.24) is 4.90 Å². The zero-order valence-corrected chi connectivity index (χ0v) is 27.9. The molecule has 10 heteroatoms. The third-order valence-corrected chi connectivity index (χ3v) is 10.3. The maximum atomic E-state index is 14.2. The van der Waals surface area contributed by atoms with Gasteiger partial charge in [0, 0.05) is 40.7 Å². The molecule has 0 radical (unpaired) electrons. The van der Waals surface area contributed by atoms with Crippen LogP contribution in [0.4, 0.5) is 15.1 Å². The molecule has 4 aromatic carbocycles. The minimum atomic E-state index is -0.669. The Balaban J connectivity index is 1.24. The lowest BCUT2D eigenvalue weighted by molar-refractivity contribution is -0.115. The molecule has 0 saturated carbocycles. The van der Waals surface area contributed by atoms with Crippen LogP contribution >= 0.6 is 23.1 Å². The van der Waals surface area contributed by atoms with Gasteiger partial charge < -0.3 is 15.4 Å². The number of hydrogen-bond donors (Lipinski definition) is 2. The van der Waals surface area contributed by atoms with Gasteiger partial charge in [0.2, 0.25) is 5.91 Å². The van der Waals surface area contributed by atoms with Crippen molar-refractivity contribution in [2.45, 2.75) is 36.6 Å². The van der Waals surface area contributed by atoms with E-state index in [2.05, 4.69) is 27.7 Å². The first-order chi connectivity index (χ1) is 23.4. The lowest BCUT2D eigenvalue weighted by Gasteiger charge is -2.27. The first-order valence-corrected chi connectivity index (χ1v) is 17.3. The Hall–Kier alpha value is -4.77. The fourth-order valence-electron chi connectivity index (χ4n) is 5.61. The van der Waals surface area contributed by atoms with Crippen molar-refractivity contribution in [2.75, 3.05) is 23.8 Å². The highest BCUT2D eigenvalue weighted by Crippen LogP contribution is 2.41. The Bertz CT molecular complexity index is 1900. The van der Waals surface area contributed by atoms with Crippen LogP contribution in [0.1, 0.15) is 54.5 Å². The number of nitrogens with zero attached hydrogens (tertiary/aromatic N) is 1. The van der Waals surface area contributed by atoms with E-state index >= 15 is 0 Å². The molecule has 0 fully saturated rings. The van der Waals surface area contributed by atoms with Crippen molar-refractivity contribution in [3.8, 4) is 0 Å². The van der Waals surface area contributed by atoms with Crippen LogP contribution in [-0.4, -0.2) is 35.8 Å². The van der Waals surface area contributed by atoms with Gasteiger partial charge in [0.15, 0.2) is 0 Å². The molecule has 0 aliphatic carbocycles. The fourth-order valence-corrected chi connectivity index (χ4v) is 7.97. The van der Waals surface area contributed by atoms with E-state index in [0.29, 0.717) is 34.8 Å². The predicted molar refractivity (Wildman–Crippen MR) is 189 cm³/mol. The van der Waals surface area contributed by atoms with Crippen LogP contribution in [-0.2, 0) is 29.0 Å². The number of esters is 1. The zero-order valence-electron chi connectivity index (χ0n) is 26.3. The van der Waals surface area contributed by atoms with Gasteiger partial charge in [-0.15, -0.1) is 23.1 Å². The number of benzene rings is 4. The maximum absolute atomic E-state index is 14.2. The molecule has 1 unspecified atom stereocenters. The third kappa shape index (κ3) is 8.02. The van der Waals surface area contributed by atoms with Crippen LogP contribution in [0.3, 0.4) is 0 Å². The van der Waals surface area contributed by atoms with Crippen molar-refractivity contribution < 1.29 is 23.5 Å². The molecule has 6 rings (SSSR count). The van der Waals surface area contributed by atoms with E-state index in [1.165, 1.54) is 52.9 Å². The number of halogens is 1. The number of hydrogen-bond acceptors (Lipinski definition) is 7. The topological polar surface area (TPSA) is 87.7 Å². The second-order valence-electron chi connectivity index (χ2n) is 11.3. The van der Waals surface area contributed by atoms with E-state index in [1.54, 1.807) is 25.1 Å². The summed E-state index contributed by atoms with van der Waals surface area (Å²) in [5.74, 6) is -1.50. The predicted octanol–water partition coefficient (Wildman–Crippen LogP) is 8.35. The Morgan fingerprint density at radius 3 is 2.38 bits per heavy atom. The Morgan fingerprint density at radius 1 is 0.917 bits per heavy atom. The van der Waals surface area contributed by atoms with Crippen molar-refractivity contribution in [3.63, 3.8) is 0 Å². The van der Waals surface area contributed by atoms with E-state index in [-0.39, 0.29) is 18.4 Å². The molecule has 7 nitrogen and oxygen atoms in total. The van der Waals surface area contributed by atoms with Gasteiger partial charge in [-0.1, -0.05) is 66.7 Å². The first kappa shape index (κ1) is 33.1. The van der Waals surface area contributed by atoms with Crippen LogP contribution in [0.2, 0.25) is 0 Å². The molecular formula is C38H34FN3O4S2. The number of amides is 2. The van der Waals surface area contributed by atoms with Crippen LogP contribution in [0.15, 0.2) is 114 Å². The molecule has 1 aliphatic heterocycles. The highest BCUT2D eigenvalue weighted by Gasteiger charge is 2.31. The minimum absolute atomic E-state index is 0.230. The Morgan fingerprint density at radius 2 is 1.65 bits per heavy atom. The van der Waals surface area contributed by atoms with E-state index in [0.717, 1.165) is 34.0 Å². The third-order valence-electron chi connectivity index (χ3n) is 7.89. The molecule has 0 saturated heterocycles. The summed E-state index contributed by atoms with van der Waals surface area (Å²) >= 11 is 2.77. The summed E-state index contributed by atoms with van der Waals surface area (Å²) in [5.41, 5.74) is 4.25. The lowest BCUT2D eigenvalue weighted by atomic mass is 10.0. The first-order valence-electron chi connectivity index (χ1n) is 15.7. The Kier molecular flexibility index (Phi) is 10.6. The normalized spacial score (nSPS) is 13.3. The monoisotopic (exact) mass is 679 g/mol. The van der Waals surface area contributed by atoms with Crippen LogP contribution in [0, 0.1) is 5.82 Å². The van der Waals surface area contributed by atoms with Gasteiger partial charge in [-0.3, -0.25) is 14.5 Å². The molecule has 2 amide bonds. The summed E-state index contributed by atoms with van der Waals surface area (Å²) in [7, 11) is 0. The summed E-state index contributed by atoms with van der Waals surface area (Å²) in [6.45, 7) is 4.26. The van der Waals surface area contributed by atoms with Crippen molar-refractivity contribution >= 4 is 51.6 Å². The molecule has 2 heterocycles. The summed E-state index contributed by atoms with van der Waals surface area (Å²) in [6.07, 6.45) is 0.677. The smallest absolute Gasteiger partial charge is 0.341 e. The van der Waals surface area contributed by atoms with Gasteiger partial charge in [0.25, 0.3) is 5.91 Å². The van der Waals surface area contributed by atoms with Gasteiger partial charge in [0.05, 0.1) is 12.2 Å². The van der Waals surface area contributed by atoms with Crippen molar-refractivity contribution in [1.29, 1.82) is 0 Å². The van der Waals surface area contributed by atoms with Gasteiger partial charge >= 0.3 is 5.97 Å². The quantitative estimate of drug-likeness (QED) is 0.108. The SMILES string of the molecule is CCOC(=O)c1c(NC(=O)C(Sc2cccc(NC(=O)c3ccc(F)cc3)c2)c2ccccc2)sc2c1CCN(Cc1ccccc1)C2. The van der Waals surface area contributed by atoms with Crippen LogP contribution in [0.5, 0.6) is 0 Å². The van der Waals surface area contributed by atoms with Crippen molar-refractivity contribution in [3.05, 3.63) is 148 Å². The number of carbonyl (C=O) groups excluding carboxylic acids is 3. The van der Waals surface area contributed by atoms with Gasteiger partial charge in [-0.2, -0.15) is 0 Å². The zero-order chi connectivity index (χ0) is 33.5. The molecule has 5 aromatic rings. The summed E-state index contributed by atoms with van der Waals surface area (Å²) in [6, 6.07) is 32.3. The summed E-state index contributed by atoms with van der Waals surface area (Å²) in [5, 5.41) is 5.78. The van der Waals surface area contributed by atoms with Crippen molar-refractivity contribution in [2.24, 2.45) is 0 Å². The largest absolute Gasteiger partial charge is 0.462 e. The number of thioether (sulfide) groups is 1. The fraction of sp³-hybridized carbons (Fsp3) is 0.184. The summed E-state index contributed by atoms with van der Waals surface area (Å²) in [4.78, 5) is 44.4. The standard InChI is InChI=1S/C38H34FN3O4S2/c1-2-46-38(45)33-31-20-21-42(23-25-10-5-3-6-11-25)24-32(31)48-37(33)41-36(44)34(26-12-7-4-8-13-26)47-30-15-9-14-29(22-30)40-35(43)27-16-18-28(39)19-17-27/h3-19,22,34H,2,20-21,23-24H2,1H3,(H,40,43)(H,41,44). The molecule has 48 heavy (non-hydrogen) atoms. The summed E-state index contributed by atoms with van der Waals surface area (Å²) < 4.78 is 18.8. The molecule has 1 aromatic heterocycles. The number of nitrogens with one attached hydrogen (secondary N) is 2. The number of rotatable bonds is 11. The molecular weight excluding hydrogens is 646 g/mol. The van der Waals surface area contributed by atoms with Crippen LogP contribution < -0.4 is 10.6 Å². The molecule has 0 spiro atoms. The maximum Gasteiger partial charge on any atom is 0.341 e. The molecule has 244 valence electrons. The number of ether oxygens (including phenoxy) is 1. The van der Waals surface area contributed by atoms with E-state index in [1.807, 2.05) is 54.6 Å². The number of carbonyl (C=O) groups is 3. The van der Waals surface area contributed by atoms with Gasteiger partial charge in [0.1, 0.15) is 16.1 Å². The van der Waals surface area contributed by atoms with E-state index < -0.39 is 17.0 Å². The van der Waals surface area contributed by atoms with Gasteiger partial charge in [-0.05, 0) is 72.5 Å². The average Bonchev–Trinajstić information content (AvgIpc) is 3.45.